The highest BCUT2D eigenvalue weighted by Crippen LogP contribution is 2.48. The summed E-state index contributed by atoms with van der Waals surface area (Å²) in [7, 11) is -1.89. The topological polar surface area (TPSA) is 37.4 Å². The highest BCUT2D eigenvalue weighted by molar-refractivity contribution is 6.83. The Balaban J connectivity index is 1.56. The van der Waals surface area contributed by atoms with Crippen LogP contribution in [0, 0.1) is 11.8 Å². The van der Waals surface area contributed by atoms with E-state index >= 15 is 0 Å². The number of carbonyl (C=O) groups is 2. The first-order chi connectivity index (χ1) is 16.3. The van der Waals surface area contributed by atoms with Gasteiger partial charge in [-0.25, -0.2) is 0 Å². The second kappa shape index (κ2) is 9.01. The molecule has 1 heterocycles. The number of allylic oxidation sites excluding steroid dienone is 2. The molecule has 3 aromatic carbocycles. The molecule has 34 heavy (non-hydrogen) atoms. The molecule has 5 heteroatoms. The minimum Gasteiger partial charge on any atom is -0.274 e. The molecular formula is C29H28ClNO2Si. The molecule has 2 amide bonds. The van der Waals surface area contributed by atoms with E-state index in [0.29, 0.717) is 17.1 Å². The molecular weight excluding hydrogens is 458 g/mol. The number of halogens is 1. The van der Waals surface area contributed by atoms with E-state index in [0.717, 1.165) is 11.6 Å². The van der Waals surface area contributed by atoms with Crippen molar-refractivity contribution in [3.63, 3.8) is 0 Å². The van der Waals surface area contributed by atoms with Gasteiger partial charge >= 0.3 is 0 Å². The van der Waals surface area contributed by atoms with Crippen LogP contribution in [0.3, 0.4) is 0 Å². The SMILES string of the molecule is C[Si](C)(Cc1ccccc1)C1=C[C@@H](c2ccc(Cl)cc2)[C@H]2C(=O)N(c3ccccc3)C(=O)[C@H]2C1. The number of nitrogens with zero attached hydrogens (tertiary/aromatic N) is 1. The summed E-state index contributed by atoms with van der Waals surface area (Å²) < 4.78 is 0. The van der Waals surface area contributed by atoms with Crippen LogP contribution in [0.2, 0.25) is 18.1 Å². The average Bonchev–Trinajstić information content (AvgIpc) is 3.10. The van der Waals surface area contributed by atoms with Gasteiger partial charge in [-0.05, 0) is 42.3 Å². The maximum absolute atomic E-state index is 13.7. The largest absolute Gasteiger partial charge is 0.274 e. The highest BCUT2D eigenvalue weighted by Gasteiger charge is 2.54. The molecule has 1 aliphatic carbocycles. The van der Waals surface area contributed by atoms with E-state index < -0.39 is 8.07 Å². The van der Waals surface area contributed by atoms with Gasteiger partial charge in [0.15, 0.2) is 0 Å². The van der Waals surface area contributed by atoms with Crippen molar-refractivity contribution in [3.8, 4) is 0 Å². The van der Waals surface area contributed by atoms with Crippen LogP contribution in [-0.4, -0.2) is 19.9 Å². The standard InChI is InChI=1S/C29H28ClNO2Si/c1-34(2,19-20-9-5-3-6-10-20)24-17-25(21-13-15-22(30)16-14-21)27-26(18-24)28(32)31(29(27)33)23-11-7-4-8-12-23/h3-17,25-27H,18-19H2,1-2H3/t25-,26-,27+/m0/s1. The number of fused-ring (bicyclic) bond motifs is 1. The first kappa shape index (κ1) is 22.8. The number of imide groups is 1. The van der Waals surface area contributed by atoms with Gasteiger partial charge in [0, 0.05) is 10.9 Å². The lowest BCUT2D eigenvalue weighted by Gasteiger charge is -2.36. The molecule has 5 rings (SSSR count). The molecule has 0 N–H and O–H groups in total. The van der Waals surface area contributed by atoms with Gasteiger partial charge in [0.05, 0.1) is 25.6 Å². The molecule has 1 saturated heterocycles. The van der Waals surface area contributed by atoms with Crippen LogP contribution in [0.1, 0.15) is 23.5 Å². The summed E-state index contributed by atoms with van der Waals surface area (Å²) in [6.45, 7) is 4.75. The van der Waals surface area contributed by atoms with E-state index in [-0.39, 0.29) is 29.6 Å². The Morgan fingerprint density at radius 3 is 2.12 bits per heavy atom. The average molecular weight is 486 g/mol. The fraction of sp³-hybridized carbons (Fsp3) is 0.241. The minimum absolute atomic E-state index is 0.0738. The van der Waals surface area contributed by atoms with Crippen LogP contribution in [0.4, 0.5) is 5.69 Å². The first-order valence-electron chi connectivity index (χ1n) is 11.8. The maximum atomic E-state index is 13.7. The molecule has 0 radical (unpaired) electrons. The predicted octanol–water partition coefficient (Wildman–Crippen LogP) is 6.59. The Kier molecular flexibility index (Phi) is 6.05. The van der Waals surface area contributed by atoms with Gasteiger partial charge in [-0.15, -0.1) is 0 Å². The molecule has 3 atom stereocenters. The number of hydrogen-bond donors (Lipinski definition) is 0. The van der Waals surface area contributed by atoms with E-state index in [1.165, 1.54) is 15.7 Å². The lowest BCUT2D eigenvalue weighted by molar-refractivity contribution is -0.122. The van der Waals surface area contributed by atoms with Crippen LogP contribution in [0.5, 0.6) is 0 Å². The second-order valence-corrected chi connectivity index (χ2v) is 15.2. The molecule has 1 fully saturated rings. The summed E-state index contributed by atoms with van der Waals surface area (Å²) in [6.07, 6.45) is 2.98. The summed E-state index contributed by atoms with van der Waals surface area (Å²) in [5, 5.41) is 2.03. The molecule has 0 aromatic heterocycles. The Morgan fingerprint density at radius 1 is 0.853 bits per heavy atom. The lowest BCUT2D eigenvalue weighted by Crippen LogP contribution is -2.39. The Morgan fingerprint density at radius 2 is 1.47 bits per heavy atom. The van der Waals surface area contributed by atoms with Gasteiger partial charge in [-0.3, -0.25) is 14.5 Å². The summed E-state index contributed by atoms with van der Waals surface area (Å²) in [4.78, 5) is 28.8. The van der Waals surface area contributed by atoms with Gasteiger partial charge in [-0.2, -0.15) is 0 Å². The van der Waals surface area contributed by atoms with E-state index in [4.69, 9.17) is 11.6 Å². The van der Waals surface area contributed by atoms with Crippen LogP contribution in [0.15, 0.2) is 96.2 Å². The van der Waals surface area contributed by atoms with E-state index in [9.17, 15) is 9.59 Å². The van der Waals surface area contributed by atoms with Crippen LogP contribution < -0.4 is 4.90 Å². The van der Waals surface area contributed by atoms with Crippen molar-refractivity contribution in [2.75, 3.05) is 4.90 Å². The fourth-order valence-electron chi connectivity index (χ4n) is 5.53. The number of anilines is 1. The Labute approximate surface area is 207 Å². The third-order valence-electron chi connectivity index (χ3n) is 7.31. The zero-order valence-corrected chi connectivity index (χ0v) is 21.2. The molecule has 172 valence electrons. The number of hydrogen-bond acceptors (Lipinski definition) is 2. The van der Waals surface area contributed by atoms with Gasteiger partial charge in [0.2, 0.25) is 11.8 Å². The van der Waals surface area contributed by atoms with Gasteiger partial charge in [0.25, 0.3) is 0 Å². The molecule has 2 aliphatic rings. The van der Waals surface area contributed by atoms with Crippen molar-refractivity contribution in [1.82, 2.24) is 0 Å². The summed E-state index contributed by atoms with van der Waals surface area (Å²) in [6, 6.07) is 28.6. The monoisotopic (exact) mass is 485 g/mol. The Hall–Kier alpha value is -2.95. The number of carbonyl (C=O) groups excluding carboxylic acids is 2. The van der Waals surface area contributed by atoms with Crippen molar-refractivity contribution < 1.29 is 9.59 Å². The molecule has 0 unspecified atom stereocenters. The molecule has 0 bridgehead atoms. The number of benzene rings is 3. The predicted molar refractivity (Wildman–Crippen MR) is 140 cm³/mol. The smallest absolute Gasteiger partial charge is 0.238 e. The van der Waals surface area contributed by atoms with E-state index in [2.05, 4.69) is 43.4 Å². The van der Waals surface area contributed by atoms with Crippen molar-refractivity contribution in [3.05, 3.63) is 112 Å². The highest BCUT2D eigenvalue weighted by atomic mass is 35.5. The summed E-state index contributed by atoms with van der Waals surface area (Å²) >= 11 is 6.17. The maximum Gasteiger partial charge on any atom is 0.238 e. The molecule has 3 nitrogen and oxygen atoms in total. The van der Waals surface area contributed by atoms with Gasteiger partial charge in [0.1, 0.15) is 0 Å². The minimum atomic E-state index is -1.89. The molecule has 0 saturated carbocycles. The van der Waals surface area contributed by atoms with Crippen molar-refractivity contribution >= 4 is 37.2 Å². The number of rotatable bonds is 5. The van der Waals surface area contributed by atoms with Gasteiger partial charge < -0.3 is 0 Å². The molecule has 0 spiro atoms. The first-order valence-corrected chi connectivity index (χ1v) is 15.4. The zero-order chi connectivity index (χ0) is 23.9. The Bertz CT molecular complexity index is 1240. The van der Waals surface area contributed by atoms with Crippen LogP contribution >= 0.6 is 11.6 Å². The van der Waals surface area contributed by atoms with Crippen LogP contribution in [0.25, 0.3) is 0 Å². The molecule has 1 aliphatic heterocycles. The third-order valence-corrected chi connectivity index (χ3v) is 11.0. The number of para-hydroxylation sites is 1. The normalized spacial score (nSPS) is 22.5. The molecule has 3 aromatic rings. The van der Waals surface area contributed by atoms with Crippen molar-refractivity contribution in [1.29, 1.82) is 0 Å². The van der Waals surface area contributed by atoms with Crippen molar-refractivity contribution in [2.24, 2.45) is 11.8 Å². The quantitative estimate of drug-likeness (QED) is 0.302. The van der Waals surface area contributed by atoms with E-state index in [1.807, 2.05) is 60.7 Å². The van der Waals surface area contributed by atoms with Crippen LogP contribution in [-0.2, 0) is 15.6 Å². The second-order valence-electron chi connectivity index (χ2n) is 10.00. The van der Waals surface area contributed by atoms with Gasteiger partial charge in [-0.1, -0.05) is 102 Å². The van der Waals surface area contributed by atoms with Crippen molar-refractivity contribution in [2.45, 2.75) is 31.5 Å². The lowest BCUT2D eigenvalue weighted by atomic mass is 9.74. The van der Waals surface area contributed by atoms with E-state index in [1.54, 1.807) is 0 Å². The summed E-state index contributed by atoms with van der Waals surface area (Å²) in [5.41, 5.74) is 3.02. The third kappa shape index (κ3) is 4.17. The zero-order valence-electron chi connectivity index (χ0n) is 19.4. The summed E-state index contributed by atoms with van der Waals surface area (Å²) in [5.74, 6) is -1.04. The number of amides is 2. The fourth-order valence-corrected chi connectivity index (χ4v) is 8.55.